The average molecular weight is 317 g/mol. The van der Waals surface area contributed by atoms with E-state index in [0.717, 1.165) is 25.7 Å². The molecule has 3 rings (SSSR count). The second-order valence-corrected chi connectivity index (χ2v) is 5.96. The van der Waals surface area contributed by atoms with Crippen molar-refractivity contribution in [1.82, 2.24) is 25.5 Å². The van der Waals surface area contributed by atoms with Gasteiger partial charge in [0.05, 0.1) is 0 Å². The molecule has 0 bridgehead atoms. The Balaban J connectivity index is 1.68. The molecule has 0 unspecified atom stereocenters. The number of hydrogen-bond acceptors (Lipinski definition) is 4. The summed E-state index contributed by atoms with van der Waals surface area (Å²) in [6, 6.07) is 5.68. The highest BCUT2D eigenvalue weighted by Crippen LogP contribution is 2.19. The Hall–Kier alpha value is -2.31. The van der Waals surface area contributed by atoms with Gasteiger partial charge in [0.15, 0.2) is 0 Å². The molecule has 1 aromatic heterocycles. The van der Waals surface area contributed by atoms with Crippen molar-refractivity contribution in [1.29, 1.82) is 0 Å². The Morgan fingerprint density at radius 3 is 2.87 bits per heavy atom. The minimum absolute atomic E-state index is 0.111. The number of aromatic nitrogens is 4. The minimum atomic E-state index is -0.549. The number of nitrogens with zero attached hydrogens (tertiary/aromatic N) is 4. The number of benzene rings is 1. The highest BCUT2D eigenvalue weighted by Gasteiger charge is 2.22. The molecule has 1 atom stereocenters. The van der Waals surface area contributed by atoms with Gasteiger partial charge in [-0.1, -0.05) is 31.4 Å². The molecule has 1 aliphatic rings. The molecular formula is C16H20FN5O. The van der Waals surface area contributed by atoms with Gasteiger partial charge in [0.25, 0.3) is 0 Å². The molecule has 0 aliphatic heterocycles. The van der Waals surface area contributed by atoms with E-state index in [1.54, 1.807) is 19.1 Å². The van der Waals surface area contributed by atoms with Gasteiger partial charge < -0.3 is 5.32 Å². The van der Waals surface area contributed by atoms with E-state index >= 15 is 0 Å². The summed E-state index contributed by atoms with van der Waals surface area (Å²) in [7, 11) is 0. The molecule has 1 fully saturated rings. The zero-order valence-corrected chi connectivity index (χ0v) is 13.1. The molecule has 1 aliphatic carbocycles. The summed E-state index contributed by atoms with van der Waals surface area (Å²) in [4.78, 5) is 13.6. The van der Waals surface area contributed by atoms with Crippen LogP contribution in [0.2, 0.25) is 0 Å². The van der Waals surface area contributed by atoms with Gasteiger partial charge >= 0.3 is 0 Å². The van der Waals surface area contributed by atoms with Gasteiger partial charge in [-0.3, -0.25) is 4.79 Å². The van der Waals surface area contributed by atoms with Crippen LogP contribution >= 0.6 is 0 Å². The molecule has 122 valence electrons. The second kappa shape index (κ2) is 6.85. The Morgan fingerprint density at radius 1 is 1.35 bits per heavy atom. The fourth-order valence-corrected chi connectivity index (χ4v) is 2.81. The van der Waals surface area contributed by atoms with Crippen LogP contribution in [0.25, 0.3) is 11.4 Å². The quantitative estimate of drug-likeness (QED) is 0.940. The average Bonchev–Trinajstić information content (AvgIpc) is 3.05. The largest absolute Gasteiger partial charge is 0.351 e. The molecule has 23 heavy (non-hydrogen) atoms. The number of carbonyl (C=O) groups is 1. The van der Waals surface area contributed by atoms with Crippen LogP contribution < -0.4 is 5.32 Å². The lowest BCUT2D eigenvalue weighted by atomic mass is 9.95. The third kappa shape index (κ3) is 3.72. The van der Waals surface area contributed by atoms with Crippen molar-refractivity contribution < 1.29 is 9.18 Å². The zero-order valence-electron chi connectivity index (χ0n) is 13.1. The van der Waals surface area contributed by atoms with E-state index in [9.17, 15) is 9.18 Å². The van der Waals surface area contributed by atoms with E-state index in [-0.39, 0.29) is 17.8 Å². The first-order valence-electron chi connectivity index (χ1n) is 7.99. The van der Waals surface area contributed by atoms with Crippen LogP contribution in [0.4, 0.5) is 4.39 Å². The van der Waals surface area contributed by atoms with Gasteiger partial charge in [0, 0.05) is 11.6 Å². The van der Waals surface area contributed by atoms with E-state index in [4.69, 9.17) is 0 Å². The van der Waals surface area contributed by atoms with Crippen molar-refractivity contribution in [3.63, 3.8) is 0 Å². The molecular weight excluding hydrogens is 297 g/mol. The van der Waals surface area contributed by atoms with Crippen molar-refractivity contribution in [2.45, 2.75) is 51.1 Å². The maximum absolute atomic E-state index is 13.3. The predicted octanol–water partition coefficient (Wildman–Crippen LogP) is 2.49. The molecule has 0 spiro atoms. The van der Waals surface area contributed by atoms with E-state index in [2.05, 4.69) is 20.7 Å². The van der Waals surface area contributed by atoms with Crippen LogP contribution in [0, 0.1) is 5.82 Å². The van der Waals surface area contributed by atoms with Crippen molar-refractivity contribution in [2.75, 3.05) is 0 Å². The van der Waals surface area contributed by atoms with Crippen molar-refractivity contribution >= 4 is 5.91 Å². The van der Waals surface area contributed by atoms with Gasteiger partial charge in [-0.05, 0) is 37.1 Å². The Labute approximate surface area is 134 Å². The van der Waals surface area contributed by atoms with E-state index in [1.165, 1.54) is 23.4 Å². The number of nitrogens with one attached hydrogen (secondary N) is 1. The SMILES string of the molecule is C[C@@H](C(=O)NC1CCCCC1)n1nnc(-c2cccc(F)c2)n1. The first kappa shape index (κ1) is 15.6. The summed E-state index contributed by atoms with van der Waals surface area (Å²) in [5.41, 5.74) is 0.538. The molecule has 0 saturated heterocycles. The summed E-state index contributed by atoms with van der Waals surface area (Å²) in [5, 5.41) is 15.1. The fraction of sp³-hybridized carbons (Fsp3) is 0.500. The summed E-state index contributed by atoms with van der Waals surface area (Å²) in [5.74, 6) is -0.163. The number of hydrogen-bond donors (Lipinski definition) is 1. The summed E-state index contributed by atoms with van der Waals surface area (Å²) in [6.45, 7) is 1.73. The van der Waals surface area contributed by atoms with Crippen molar-refractivity contribution in [3.05, 3.63) is 30.1 Å². The zero-order chi connectivity index (χ0) is 16.2. The van der Waals surface area contributed by atoms with Crippen LogP contribution in [-0.2, 0) is 4.79 Å². The molecule has 2 aromatic rings. The molecule has 6 nitrogen and oxygen atoms in total. The van der Waals surface area contributed by atoms with Crippen LogP contribution in [0.1, 0.15) is 45.1 Å². The lowest BCUT2D eigenvalue weighted by Crippen LogP contribution is -2.40. The smallest absolute Gasteiger partial charge is 0.246 e. The Kier molecular flexibility index (Phi) is 4.64. The Bertz CT molecular complexity index is 681. The molecule has 1 saturated carbocycles. The molecule has 1 heterocycles. The standard InChI is InChI=1S/C16H20FN5O/c1-11(16(23)18-14-8-3-2-4-9-14)22-20-15(19-21-22)12-6-5-7-13(17)10-12/h5-7,10-11,14H,2-4,8-9H2,1H3,(H,18,23)/t11-/m0/s1. The summed E-state index contributed by atoms with van der Waals surface area (Å²) in [6.07, 6.45) is 5.61. The van der Waals surface area contributed by atoms with Gasteiger partial charge in [-0.25, -0.2) is 4.39 Å². The third-order valence-electron chi connectivity index (χ3n) is 4.19. The third-order valence-corrected chi connectivity index (χ3v) is 4.19. The highest BCUT2D eigenvalue weighted by atomic mass is 19.1. The summed E-state index contributed by atoms with van der Waals surface area (Å²) < 4.78 is 13.3. The van der Waals surface area contributed by atoms with Crippen molar-refractivity contribution in [2.24, 2.45) is 0 Å². The number of carbonyl (C=O) groups excluding carboxylic acids is 1. The number of rotatable bonds is 4. The van der Waals surface area contributed by atoms with E-state index in [0.29, 0.717) is 11.4 Å². The van der Waals surface area contributed by atoms with Crippen LogP contribution in [-0.4, -0.2) is 32.2 Å². The Morgan fingerprint density at radius 2 is 2.13 bits per heavy atom. The number of halogens is 1. The molecule has 1 aromatic carbocycles. The van der Waals surface area contributed by atoms with E-state index in [1.807, 2.05) is 0 Å². The maximum Gasteiger partial charge on any atom is 0.246 e. The van der Waals surface area contributed by atoms with Gasteiger partial charge in [-0.15, -0.1) is 10.2 Å². The summed E-state index contributed by atoms with van der Waals surface area (Å²) >= 11 is 0. The lowest BCUT2D eigenvalue weighted by molar-refractivity contribution is -0.125. The molecule has 1 N–H and O–H groups in total. The van der Waals surface area contributed by atoms with E-state index < -0.39 is 6.04 Å². The fourth-order valence-electron chi connectivity index (χ4n) is 2.81. The maximum atomic E-state index is 13.3. The first-order valence-corrected chi connectivity index (χ1v) is 7.99. The van der Waals surface area contributed by atoms with Crippen LogP contribution in [0.15, 0.2) is 24.3 Å². The van der Waals surface area contributed by atoms with Gasteiger partial charge in [-0.2, -0.15) is 4.80 Å². The first-order chi connectivity index (χ1) is 11.1. The second-order valence-electron chi connectivity index (χ2n) is 5.96. The monoisotopic (exact) mass is 317 g/mol. The highest BCUT2D eigenvalue weighted by molar-refractivity contribution is 5.79. The number of amides is 1. The molecule has 7 heteroatoms. The lowest BCUT2D eigenvalue weighted by Gasteiger charge is -2.24. The normalized spacial score (nSPS) is 17.0. The van der Waals surface area contributed by atoms with Crippen LogP contribution in [0.3, 0.4) is 0 Å². The molecule has 0 radical (unpaired) electrons. The van der Waals surface area contributed by atoms with Gasteiger partial charge in [0.2, 0.25) is 11.7 Å². The van der Waals surface area contributed by atoms with Gasteiger partial charge in [0.1, 0.15) is 11.9 Å². The predicted molar refractivity (Wildman–Crippen MR) is 82.9 cm³/mol. The number of tetrazole rings is 1. The van der Waals surface area contributed by atoms with Crippen molar-refractivity contribution in [3.8, 4) is 11.4 Å². The minimum Gasteiger partial charge on any atom is -0.351 e. The van der Waals surface area contributed by atoms with Crippen LogP contribution in [0.5, 0.6) is 0 Å². The topological polar surface area (TPSA) is 72.7 Å². The molecule has 1 amide bonds.